The molecule has 0 nitrogen and oxygen atoms in total. The minimum absolute atomic E-state index is 0.961. The molecule has 2 heteroatoms. The molecule has 0 bridgehead atoms. The molecule has 1 aliphatic heterocycles. The second-order valence-electron chi connectivity index (χ2n) is 4.20. The number of hydrogen-bond acceptors (Lipinski definition) is 2. The Morgan fingerprint density at radius 2 is 1.95 bits per heavy atom. The van der Waals surface area contributed by atoms with Crippen molar-refractivity contribution in [3.63, 3.8) is 0 Å². The molecule has 3 rings (SSSR count). The van der Waals surface area contributed by atoms with Gasteiger partial charge in [0, 0.05) is 25.8 Å². The van der Waals surface area contributed by atoms with E-state index in [1.54, 1.807) is 23.5 Å². The Morgan fingerprint density at radius 3 is 2.74 bits per heavy atom. The molecular weight excluding hydrogens is 268 g/mol. The highest BCUT2D eigenvalue weighted by molar-refractivity contribution is 7.99. The number of allylic oxidation sites excluding steroid dienone is 1. The molecule has 0 unspecified atom stereocenters. The van der Waals surface area contributed by atoms with Crippen LogP contribution in [-0.2, 0) is 0 Å². The van der Waals surface area contributed by atoms with Gasteiger partial charge >= 0.3 is 0 Å². The maximum absolute atomic E-state index is 5.70. The van der Waals surface area contributed by atoms with E-state index in [1.807, 2.05) is 6.07 Å². The lowest BCUT2D eigenvalue weighted by atomic mass is 10.0. The average Bonchev–Trinajstić information content (AvgIpc) is 2.62. The standard InChI is InChI=1S/C17H12S2/c1-3-12-10-13-6-4-5-7-16(13)19-17-9-8-14(18-2)11-15(12)17/h1,4-11H,2H3. The van der Waals surface area contributed by atoms with Crippen molar-refractivity contribution in [1.29, 1.82) is 0 Å². The molecular formula is C17H12S2. The number of fused-ring (bicyclic) bond motifs is 2. The first-order chi connectivity index (χ1) is 9.31. The Balaban J connectivity index is 2.24. The Hall–Kier alpha value is -1.56. The lowest BCUT2D eigenvalue weighted by Crippen LogP contribution is -1.85. The van der Waals surface area contributed by atoms with Crippen LogP contribution in [0.2, 0.25) is 0 Å². The second-order valence-corrected chi connectivity index (χ2v) is 6.17. The predicted molar refractivity (Wildman–Crippen MR) is 85.5 cm³/mol. The van der Waals surface area contributed by atoms with Gasteiger partial charge in [0.15, 0.2) is 0 Å². The summed E-state index contributed by atoms with van der Waals surface area (Å²) in [6.45, 7) is 0. The van der Waals surface area contributed by atoms with E-state index in [1.165, 1.54) is 20.2 Å². The molecule has 0 atom stereocenters. The Kier molecular flexibility index (Phi) is 3.42. The first kappa shape index (κ1) is 12.5. The van der Waals surface area contributed by atoms with Gasteiger partial charge in [-0.05, 0) is 42.2 Å². The van der Waals surface area contributed by atoms with Crippen molar-refractivity contribution in [2.45, 2.75) is 14.7 Å². The maximum Gasteiger partial charge on any atom is 0.0333 e. The fourth-order valence-corrected chi connectivity index (χ4v) is 3.58. The maximum atomic E-state index is 5.70. The zero-order chi connectivity index (χ0) is 13.2. The lowest BCUT2D eigenvalue weighted by Gasteiger charge is -2.08. The molecule has 0 radical (unpaired) electrons. The Labute approximate surface area is 122 Å². The topological polar surface area (TPSA) is 0 Å². The molecule has 0 N–H and O–H groups in total. The van der Waals surface area contributed by atoms with Crippen LogP contribution in [0.5, 0.6) is 0 Å². The van der Waals surface area contributed by atoms with Gasteiger partial charge < -0.3 is 0 Å². The zero-order valence-electron chi connectivity index (χ0n) is 10.5. The number of benzene rings is 2. The van der Waals surface area contributed by atoms with Gasteiger partial charge in [0.1, 0.15) is 0 Å². The molecule has 0 amide bonds. The summed E-state index contributed by atoms with van der Waals surface area (Å²) in [5.74, 6) is 2.83. The SMILES string of the molecule is C#CC1=Cc2ccccc2Sc2ccc(SC)cc21. The van der Waals surface area contributed by atoms with Gasteiger partial charge in [-0.25, -0.2) is 0 Å². The summed E-state index contributed by atoms with van der Waals surface area (Å²) in [5, 5.41) is 0. The van der Waals surface area contributed by atoms with Crippen LogP contribution in [0.1, 0.15) is 11.1 Å². The molecule has 0 saturated heterocycles. The number of thioether (sulfide) groups is 1. The largest absolute Gasteiger partial charge is 0.130 e. The molecule has 2 aromatic rings. The summed E-state index contributed by atoms with van der Waals surface area (Å²) >= 11 is 3.52. The zero-order valence-corrected chi connectivity index (χ0v) is 12.1. The molecule has 0 saturated carbocycles. The highest BCUT2D eigenvalue weighted by Gasteiger charge is 2.15. The van der Waals surface area contributed by atoms with E-state index in [4.69, 9.17) is 6.42 Å². The highest BCUT2D eigenvalue weighted by atomic mass is 32.2. The number of terminal acetylenes is 1. The van der Waals surface area contributed by atoms with Crippen molar-refractivity contribution < 1.29 is 0 Å². The summed E-state index contributed by atoms with van der Waals surface area (Å²) in [7, 11) is 0. The quantitative estimate of drug-likeness (QED) is 0.530. The number of rotatable bonds is 1. The van der Waals surface area contributed by atoms with E-state index in [0.717, 1.165) is 11.1 Å². The molecule has 92 valence electrons. The Morgan fingerprint density at radius 1 is 1.11 bits per heavy atom. The van der Waals surface area contributed by atoms with Gasteiger partial charge in [-0.15, -0.1) is 18.2 Å². The molecule has 0 spiro atoms. The first-order valence-corrected chi connectivity index (χ1v) is 7.99. The van der Waals surface area contributed by atoms with Crippen LogP contribution < -0.4 is 0 Å². The molecule has 1 aliphatic rings. The minimum atomic E-state index is 0.961. The van der Waals surface area contributed by atoms with E-state index >= 15 is 0 Å². The van der Waals surface area contributed by atoms with E-state index < -0.39 is 0 Å². The van der Waals surface area contributed by atoms with Crippen LogP contribution in [0, 0.1) is 12.3 Å². The molecule has 2 aromatic carbocycles. The van der Waals surface area contributed by atoms with Crippen LogP contribution in [0.15, 0.2) is 57.2 Å². The number of hydrogen-bond donors (Lipinski definition) is 0. The summed E-state index contributed by atoms with van der Waals surface area (Å²) in [5.41, 5.74) is 3.32. The lowest BCUT2D eigenvalue weighted by molar-refractivity contribution is 1.32. The summed E-state index contributed by atoms with van der Waals surface area (Å²) < 4.78 is 0. The molecule has 0 aliphatic carbocycles. The summed E-state index contributed by atoms with van der Waals surface area (Å²) in [6.07, 6.45) is 9.89. The third-order valence-corrected chi connectivity index (χ3v) is 4.96. The van der Waals surface area contributed by atoms with Gasteiger partial charge in [0.2, 0.25) is 0 Å². The fourth-order valence-electron chi connectivity index (χ4n) is 2.10. The van der Waals surface area contributed by atoms with Crippen LogP contribution in [-0.4, -0.2) is 6.26 Å². The van der Waals surface area contributed by atoms with Crippen molar-refractivity contribution in [2.75, 3.05) is 6.26 Å². The van der Waals surface area contributed by atoms with Crippen LogP contribution in [0.25, 0.3) is 11.6 Å². The van der Waals surface area contributed by atoms with Gasteiger partial charge in [0.05, 0.1) is 0 Å². The highest BCUT2D eigenvalue weighted by Crippen LogP contribution is 2.41. The minimum Gasteiger partial charge on any atom is -0.130 e. The van der Waals surface area contributed by atoms with E-state index in [2.05, 4.69) is 54.7 Å². The molecule has 0 aromatic heterocycles. The van der Waals surface area contributed by atoms with Crippen LogP contribution in [0.3, 0.4) is 0 Å². The van der Waals surface area contributed by atoms with Crippen molar-refractivity contribution in [3.8, 4) is 12.3 Å². The van der Waals surface area contributed by atoms with E-state index in [9.17, 15) is 0 Å². The van der Waals surface area contributed by atoms with E-state index in [0.29, 0.717) is 0 Å². The Bertz CT molecular complexity index is 705. The third-order valence-electron chi connectivity index (χ3n) is 3.07. The smallest absolute Gasteiger partial charge is 0.0333 e. The van der Waals surface area contributed by atoms with Crippen LogP contribution >= 0.6 is 23.5 Å². The molecule has 1 heterocycles. The average molecular weight is 280 g/mol. The summed E-state index contributed by atoms with van der Waals surface area (Å²) in [4.78, 5) is 3.73. The van der Waals surface area contributed by atoms with E-state index in [-0.39, 0.29) is 0 Å². The van der Waals surface area contributed by atoms with Gasteiger partial charge in [-0.3, -0.25) is 0 Å². The second kappa shape index (κ2) is 5.21. The molecule has 19 heavy (non-hydrogen) atoms. The van der Waals surface area contributed by atoms with Gasteiger partial charge in [-0.1, -0.05) is 35.9 Å². The van der Waals surface area contributed by atoms with Crippen molar-refractivity contribution in [2.24, 2.45) is 0 Å². The van der Waals surface area contributed by atoms with Crippen molar-refractivity contribution in [3.05, 3.63) is 53.6 Å². The molecule has 0 fully saturated rings. The van der Waals surface area contributed by atoms with Gasteiger partial charge in [0.25, 0.3) is 0 Å². The van der Waals surface area contributed by atoms with Gasteiger partial charge in [-0.2, -0.15) is 0 Å². The predicted octanol–water partition coefficient (Wildman–Crippen LogP) is 5.05. The van der Waals surface area contributed by atoms with Crippen LogP contribution in [0.4, 0.5) is 0 Å². The van der Waals surface area contributed by atoms with Crippen molar-refractivity contribution in [1.82, 2.24) is 0 Å². The normalized spacial score (nSPS) is 12.7. The first-order valence-electron chi connectivity index (χ1n) is 5.95. The van der Waals surface area contributed by atoms with Crippen molar-refractivity contribution >= 4 is 35.2 Å². The third kappa shape index (κ3) is 2.32. The fraction of sp³-hybridized carbons (Fsp3) is 0.0588. The summed E-state index contributed by atoms with van der Waals surface area (Å²) in [6, 6.07) is 14.9. The monoisotopic (exact) mass is 280 g/mol.